The minimum atomic E-state index is -3.06. The number of sulfone groups is 1. The van der Waals surface area contributed by atoms with Crippen LogP contribution in [0.4, 0.5) is 11.5 Å². The third-order valence-electron chi connectivity index (χ3n) is 4.04. The number of nitrogens with zero attached hydrogens (tertiary/aromatic N) is 2. The SMILES string of the molecule is COC(=O)c1ccc(Nc2ccc(C(=O)NC3CCS(=O)(=O)C3)nn2)cc1. The number of methoxy groups -OCH3 is 1. The van der Waals surface area contributed by atoms with Gasteiger partial charge in [-0.25, -0.2) is 13.2 Å². The Morgan fingerprint density at radius 1 is 1.11 bits per heavy atom. The number of anilines is 2. The molecule has 9 nitrogen and oxygen atoms in total. The topological polar surface area (TPSA) is 127 Å². The van der Waals surface area contributed by atoms with E-state index in [0.717, 1.165) is 0 Å². The Bertz CT molecular complexity index is 942. The van der Waals surface area contributed by atoms with Crippen LogP contribution >= 0.6 is 0 Å². The zero-order valence-corrected chi connectivity index (χ0v) is 15.3. The maximum atomic E-state index is 12.1. The molecule has 142 valence electrons. The van der Waals surface area contributed by atoms with Gasteiger partial charge in [-0.3, -0.25) is 4.79 Å². The Labute approximate surface area is 156 Å². The molecular weight excluding hydrogens is 372 g/mol. The van der Waals surface area contributed by atoms with Gasteiger partial charge in [0, 0.05) is 11.7 Å². The molecular formula is C17H18N4O5S. The lowest BCUT2D eigenvalue weighted by Crippen LogP contribution is -2.36. The second-order valence-corrected chi connectivity index (χ2v) is 8.30. The number of carbonyl (C=O) groups excluding carboxylic acids is 2. The molecule has 1 unspecified atom stereocenters. The minimum absolute atomic E-state index is 0.0482. The van der Waals surface area contributed by atoms with E-state index in [1.54, 1.807) is 30.3 Å². The van der Waals surface area contributed by atoms with Crippen molar-refractivity contribution in [3.8, 4) is 0 Å². The molecule has 2 aromatic rings. The number of hydrogen-bond acceptors (Lipinski definition) is 8. The van der Waals surface area contributed by atoms with Crippen LogP contribution in [0.2, 0.25) is 0 Å². The molecule has 1 fully saturated rings. The number of benzene rings is 1. The molecule has 1 aliphatic heterocycles. The highest BCUT2D eigenvalue weighted by Crippen LogP contribution is 2.16. The number of nitrogens with one attached hydrogen (secondary N) is 2. The lowest BCUT2D eigenvalue weighted by Gasteiger charge is -2.10. The summed E-state index contributed by atoms with van der Waals surface area (Å²) < 4.78 is 27.5. The van der Waals surface area contributed by atoms with Crippen LogP contribution in [0, 0.1) is 0 Å². The van der Waals surface area contributed by atoms with Crippen LogP contribution in [0.5, 0.6) is 0 Å². The van der Waals surface area contributed by atoms with E-state index in [2.05, 4.69) is 25.6 Å². The maximum absolute atomic E-state index is 12.1. The summed E-state index contributed by atoms with van der Waals surface area (Å²) in [7, 11) is -1.75. The number of esters is 1. The highest BCUT2D eigenvalue weighted by Gasteiger charge is 2.29. The molecule has 0 saturated carbocycles. The number of amides is 1. The predicted octanol–water partition coefficient (Wildman–Crippen LogP) is 0.924. The van der Waals surface area contributed by atoms with Crippen molar-refractivity contribution in [1.82, 2.24) is 15.5 Å². The summed E-state index contributed by atoms with van der Waals surface area (Å²) in [6.45, 7) is 0. The average molecular weight is 390 g/mol. The number of aromatic nitrogens is 2. The molecule has 1 saturated heterocycles. The van der Waals surface area contributed by atoms with Gasteiger partial charge in [0.2, 0.25) is 0 Å². The summed E-state index contributed by atoms with van der Waals surface area (Å²) in [6.07, 6.45) is 0.405. The van der Waals surface area contributed by atoms with Gasteiger partial charge < -0.3 is 15.4 Å². The summed E-state index contributed by atoms with van der Waals surface area (Å²) in [5, 5.41) is 13.5. The van der Waals surface area contributed by atoms with Gasteiger partial charge in [0.25, 0.3) is 5.91 Å². The summed E-state index contributed by atoms with van der Waals surface area (Å²) in [5.41, 5.74) is 1.21. The van der Waals surface area contributed by atoms with Gasteiger partial charge in [-0.15, -0.1) is 10.2 Å². The number of hydrogen-bond donors (Lipinski definition) is 2. The molecule has 3 rings (SSSR count). The van der Waals surface area contributed by atoms with Crippen molar-refractivity contribution in [1.29, 1.82) is 0 Å². The maximum Gasteiger partial charge on any atom is 0.337 e. The minimum Gasteiger partial charge on any atom is -0.465 e. The number of carbonyl (C=O) groups is 2. The number of ether oxygens (including phenoxy) is 1. The van der Waals surface area contributed by atoms with E-state index in [9.17, 15) is 18.0 Å². The first-order chi connectivity index (χ1) is 12.9. The van der Waals surface area contributed by atoms with Crippen LogP contribution < -0.4 is 10.6 Å². The monoisotopic (exact) mass is 390 g/mol. The van der Waals surface area contributed by atoms with Gasteiger partial charge >= 0.3 is 5.97 Å². The van der Waals surface area contributed by atoms with E-state index < -0.39 is 27.8 Å². The van der Waals surface area contributed by atoms with Gasteiger partial charge in [-0.1, -0.05) is 0 Å². The molecule has 0 radical (unpaired) electrons. The fourth-order valence-corrected chi connectivity index (χ4v) is 4.32. The molecule has 2 N–H and O–H groups in total. The van der Waals surface area contributed by atoms with Crippen LogP contribution in [-0.4, -0.2) is 55.1 Å². The third kappa shape index (κ3) is 4.79. The average Bonchev–Trinajstić information content (AvgIpc) is 3.00. The summed E-state index contributed by atoms with van der Waals surface area (Å²) in [4.78, 5) is 23.5. The fourth-order valence-electron chi connectivity index (χ4n) is 2.64. The Hall–Kier alpha value is -3.01. The lowest BCUT2D eigenvalue weighted by molar-refractivity contribution is 0.0600. The van der Waals surface area contributed by atoms with Crippen molar-refractivity contribution in [2.24, 2.45) is 0 Å². The highest BCUT2D eigenvalue weighted by molar-refractivity contribution is 7.91. The molecule has 1 aliphatic rings. The lowest BCUT2D eigenvalue weighted by atomic mass is 10.2. The molecule has 1 atom stereocenters. The van der Waals surface area contributed by atoms with Crippen molar-refractivity contribution in [2.75, 3.05) is 23.9 Å². The first-order valence-corrected chi connectivity index (χ1v) is 9.99. The highest BCUT2D eigenvalue weighted by atomic mass is 32.2. The molecule has 10 heteroatoms. The Balaban J connectivity index is 1.60. The molecule has 0 aliphatic carbocycles. The van der Waals surface area contributed by atoms with Gasteiger partial charge in [0.15, 0.2) is 21.3 Å². The molecule has 1 amide bonds. The summed E-state index contributed by atoms with van der Waals surface area (Å²) in [6, 6.07) is 9.29. The van der Waals surface area contributed by atoms with E-state index in [-0.39, 0.29) is 17.2 Å². The zero-order chi connectivity index (χ0) is 19.4. The second-order valence-electron chi connectivity index (χ2n) is 6.07. The van der Waals surface area contributed by atoms with Crippen molar-refractivity contribution >= 4 is 33.2 Å². The molecule has 0 bridgehead atoms. The smallest absolute Gasteiger partial charge is 0.337 e. The molecule has 1 aromatic carbocycles. The number of rotatable bonds is 5. The van der Waals surface area contributed by atoms with Crippen LogP contribution in [0.1, 0.15) is 27.3 Å². The standard InChI is InChI=1S/C17H18N4O5S/c1-26-17(23)11-2-4-12(5-3-11)18-15-7-6-14(20-21-15)16(22)19-13-8-9-27(24,25)10-13/h2-7,13H,8-10H2,1H3,(H,18,21)(H,19,22). The molecule has 1 aromatic heterocycles. The first kappa shape index (κ1) is 18.8. The van der Waals surface area contributed by atoms with E-state index in [1.165, 1.54) is 13.2 Å². The van der Waals surface area contributed by atoms with Gasteiger partial charge in [-0.2, -0.15) is 0 Å². The van der Waals surface area contributed by atoms with Gasteiger partial charge in [0.05, 0.1) is 24.2 Å². The van der Waals surface area contributed by atoms with Gasteiger partial charge in [-0.05, 0) is 42.8 Å². The first-order valence-electron chi connectivity index (χ1n) is 8.17. The van der Waals surface area contributed by atoms with E-state index >= 15 is 0 Å². The predicted molar refractivity (Wildman–Crippen MR) is 97.6 cm³/mol. The van der Waals surface area contributed by atoms with Crippen molar-refractivity contribution < 1.29 is 22.7 Å². The third-order valence-corrected chi connectivity index (χ3v) is 5.81. The fraction of sp³-hybridized carbons (Fsp3) is 0.294. The Morgan fingerprint density at radius 2 is 1.85 bits per heavy atom. The Kier molecular flexibility index (Phi) is 5.36. The van der Waals surface area contributed by atoms with E-state index in [1.807, 2.05) is 0 Å². The van der Waals surface area contributed by atoms with Crippen molar-refractivity contribution in [3.05, 3.63) is 47.7 Å². The Morgan fingerprint density at radius 3 is 2.41 bits per heavy atom. The van der Waals surface area contributed by atoms with Crippen LogP contribution in [0.15, 0.2) is 36.4 Å². The van der Waals surface area contributed by atoms with Gasteiger partial charge in [0.1, 0.15) is 0 Å². The van der Waals surface area contributed by atoms with E-state index in [0.29, 0.717) is 23.5 Å². The normalized spacial score (nSPS) is 17.9. The largest absolute Gasteiger partial charge is 0.465 e. The molecule has 2 heterocycles. The van der Waals surface area contributed by atoms with Crippen molar-refractivity contribution in [3.63, 3.8) is 0 Å². The quantitative estimate of drug-likeness (QED) is 0.722. The zero-order valence-electron chi connectivity index (χ0n) is 14.5. The van der Waals surface area contributed by atoms with Crippen LogP contribution in [0.3, 0.4) is 0 Å². The van der Waals surface area contributed by atoms with Crippen molar-refractivity contribution in [2.45, 2.75) is 12.5 Å². The molecule has 27 heavy (non-hydrogen) atoms. The summed E-state index contributed by atoms with van der Waals surface area (Å²) in [5.74, 6) is -0.430. The summed E-state index contributed by atoms with van der Waals surface area (Å²) >= 11 is 0. The molecule has 0 spiro atoms. The van der Waals surface area contributed by atoms with E-state index in [4.69, 9.17) is 0 Å². The van der Waals surface area contributed by atoms with Crippen LogP contribution in [0.25, 0.3) is 0 Å². The second kappa shape index (κ2) is 7.70. The van der Waals surface area contributed by atoms with Crippen LogP contribution in [-0.2, 0) is 14.6 Å².